The first-order chi connectivity index (χ1) is 7.44. The fraction of sp³-hybridized carbons (Fsp3) is 0.273. The van der Waals surface area contributed by atoms with Crippen LogP contribution >= 0.6 is 11.6 Å². The van der Waals surface area contributed by atoms with Crippen LogP contribution in [-0.4, -0.2) is 29.4 Å². The summed E-state index contributed by atoms with van der Waals surface area (Å²) in [5.41, 5.74) is -1.07. The van der Waals surface area contributed by atoms with E-state index in [9.17, 15) is 14.7 Å². The molecule has 4 nitrogen and oxygen atoms in total. The molecule has 0 aromatic heterocycles. The van der Waals surface area contributed by atoms with Gasteiger partial charge in [-0.15, -0.1) is 0 Å². The van der Waals surface area contributed by atoms with Crippen LogP contribution in [0.5, 0.6) is 0 Å². The molecule has 0 aliphatic heterocycles. The molecule has 1 aromatic rings. The minimum Gasteiger partial charge on any atom is -0.479 e. The second kappa shape index (κ2) is 4.53. The number of benzene rings is 1. The molecule has 1 amide bonds. The first-order valence-corrected chi connectivity index (χ1v) is 4.99. The van der Waals surface area contributed by atoms with Gasteiger partial charge in [0.15, 0.2) is 5.54 Å². The predicted molar refractivity (Wildman–Crippen MR) is 60.3 cm³/mol. The van der Waals surface area contributed by atoms with Crippen molar-refractivity contribution in [3.8, 4) is 0 Å². The standard InChI is InChI=1S/C11H12ClNO3/c1-11(10(15)16,13(2)7-14)8-5-3-4-6-9(8)12/h3-7H,1-2H3,(H,15,16). The minimum absolute atomic E-state index is 0.320. The van der Waals surface area contributed by atoms with Gasteiger partial charge in [-0.25, -0.2) is 4.79 Å². The molecule has 0 aliphatic rings. The number of amides is 1. The Morgan fingerprint density at radius 2 is 2.06 bits per heavy atom. The largest absolute Gasteiger partial charge is 0.479 e. The number of carboxylic acid groups (broad SMARTS) is 1. The molecule has 1 atom stereocenters. The van der Waals surface area contributed by atoms with Crippen LogP contribution in [0.25, 0.3) is 0 Å². The average molecular weight is 242 g/mol. The van der Waals surface area contributed by atoms with Crippen LogP contribution in [0.2, 0.25) is 5.02 Å². The van der Waals surface area contributed by atoms with Gasteiger partial charge in [0.25, 0.3) is 0 Å². The smallest absolute Gasteiger partial charge is 0.334 e. The maximum Gasteiger partial charge on any atom is 0.334 e. The third kappa shape index (κ3) is 1.88. The summed E-state index contributed by atoms with van der Waals surface area (Å²) in [4.78, 5) is 23.2. The van der Waals surface area contributed by atoms with Crippen LogP contribution in [0, 0.1) is 0 Å². The predicted octanol–water partition coefficient (Wildman–Crippen LogP) is 1.73. The van der Waals surface area contributed by atoms with Crippen molar-refractivity contribution in [2.45, 2.75) is 12.5 Å². The first kappa shape index (κ1) is 12.5. The van der Waals surface area contributed by atoms with E-state index in [1.807, 2.05) is 0 Å². The van der Waals surface area contributed by atoms with Gasteiger partial charge in [-0.2, -0.15) is 0 Å². The summed E-state index contributed by atoms with van der Waals surface area (Å²) < 4.78 is 0. The summed E-state index contributed by atoms with van der Waals surface area (Å²) >= 11 is 5.95. The molecule has 0 saturated carbocycles. The third-order valence-corrected chi connectivity index (χ3v) is 3.01. The number of carbonyl (C=O) groups is 2. The summed E-state index contributed by atoms with van der Waals surface area (Å²) in [5, 5.41) is 9.57. The van der Waals surface area contributed by atoms with E-state index < -0.39 is 11.5 Å². The van der Waals surface area contributed by atoms with Crippen LogP contribution in [0.3, 0.4) is 0 Å². The zero-order valence-electron chi connectivity index (χ0n) is 8.98. The molecule has 5 heteroatoms. The van der Waals surface area contributed by atoms with E-state index in [2.05, 4.69) is 0 Å². The molecular weight excluding hydrogens is 230 g/mol. The summed E-state index contributed by atoms with van der Waals surface area (Å²) in [6.45, 7) is 1.44. The van der Waals surface area contributed by atoms with Gasteiger partial charge in [-0.3, -0.25) is 4.79 Å². The molecule has 0 heterocycles. The third-order valence-electron chi connectivity index (χ3n) is 2.68. The van der Waals surface area contributed by atoms with E-state index in [0.717, 1.165) is 4.90 Å². The van der Waals surface area contributed by atoms with Crippen LogP contribution < -0.4 is 0 Å². The Morgan fingerprint density at radius 3 is 2.50 bits per heavy atom. The summed E-state index contributed by atoms with van der Waals surface area (Å²) in [5.74, 6) is -1.13. The average Bonchev–Trinajstić information content (AvgIpc) is 2.27. The molecule has 0 fully saturated rings. The van der Waals surface area contributed by atoms with Crippen LogP contribution in [0.1, 0.15) is 12.5 Å². The van der Waals surface area contributed by atoms with Gasteiger partial charge in [-0.05, 0) is 13.0 Å². The first-order valence-electron chi connectivity index (χ1n) is 4.61. The van der Waals surface area contributed by atoms with Gasteiger partial charge >= 0.3 is 5.97 Å². The Balaban J connectivity index is 3.39. The van der Waals surface area contributed by atoms with E-state index in [4.69, 9.17) is 11.6 Å². The van der Waals surface area contributed by atoms with Crippen molar-refractivity contribution in [1.82, 2.24) is 4.90 Å². The fourth-order valence-electron chi connectivity index (χ4n) is 1.42. The van der Waals surface area contributed by atoms with Crippen LogP contribution in [0.4, 0.5) is 0 Å². The zero-order valence-corrected chi connectivity index (χ0v) is 9.73. The van der Waals surface area contributed by atoms with E-state index in [-0.39, 0.29) is 0 Å². The Morgan fingerprint density at radius 1 is 1.50 bits per heavy atom. The van der Waals surface area contributed by atoms with E-state index in [0.29, 0.717) is 17.0 Å². The molecule has 0 saturated heterocycles. The molecular formula is C11H12ClNO3. The van der Waals surface area contributed by atoms with Crippen molar-refractivity contribution in [1.29, 1.82) is 0 Å². The monoisotopic (exact) mass is 241 g/mol. The number of carbonyl (C=O) groups excluding carboxylic acids is 1. The number of hydrogen-bond donors (Lipinski definition) is 1. The van der Waals surface area contributed by atoms with Gasteiger partial charge in [0, 0.05) is 17.6 Å². The van der Waals surface area contributed by atoms with Crippen molar-refractivity contribution in [2.75, 3.05) is 7.05 Å². The number of hydrogen-bond acceptors (Lipinski definition) is 2. The maximum atomic E-state index is 11.3. The molecule has 0 radical (unpaired) electrons. The number of aliphatic carboxylic acids is 1. The van der Waals surface area contributed by atoms with E-state index >= 15 is 0 Å². The Labute approximate surface area is 98.4 Å². The van der Waals surface area contributed by atoms with Crippen LogP contribution in [-0.2, 0) is 15.1 Å². The highest BCUT2D eigenvalue weighted by molar-refractivity contribution is 6.31. The van der Waals surface area contributed by atoms with Gasteiger partial charge in [-0.1, -0.05) is 29.8 Å². The fourth-order valence-corrected chi connectivity index (χ4v) is 1.74. The highest BCUT2D eigenvalue weighted by Gasteiger charge is 2.40. The highest BCUT2D eigenvalue weighted by Crippen LogP contribution is 2.32. The quantitative estimate of drug-likeness (QED) is 0.817. The van der Waals surface area contributed by atoms with Crippen molar-refractivity contribution in [2.24, 2.45) is 0 Å². The Bertz CT molecular complexity index is 421. The molecule has 1 N–H and O–H groups in total. The number of rotatable bonds is 4. The molecule has 0 aliphatic carbocycles. The number of carboxylic acids is 1. The Hall–Kier alpha value is -1.55. The van der Waals surface area contributed by atoms with Crippen molar-refractivity contribution in [3.63, 3.8) is 0 Å². The lowest BCUT2D eigenvalue weighted by Crippen LogP contribution is -2.47. The van der Waals surface area contributed by atoms with E-state index in [1.54, 1.807) is 24.3 Å². The molecule has 1 unspecified atom stereocenters. The lowest BCUT2D eigenvalue weighted by molar-refractivity contribution is -0.153. The molecule has 0 spiro atoms. The molecule has 16 heavy (non-hydrogen) atoms. The summed E-state index contributed by atoms with van der Waals surface area (Å²) in [7, 11) is 1.41. The maximum absolute atomic E-state index is 11.3. The summed E-state index contributed by atoms with van der Waals surface area (Å²) in [6, 6.07) is 6.57. The van der Waals surface area contributed by atoms with Gasteiger partial charge in [0.05, 0.1) is 0 Å². The van der Waals surface area contributed by atoms with Crippen molar-refractivity contribution < 1.29 is 14.7 Å². The topological polar surface area (TPSA) is 57.6 Å². The van der Waals surface area contributed by atoms with E-state index in [1.165, 1.54) is 14.0 Å². The molecule has 1 aromatic carbocycles. The summed E-state index contributed by atoms with van der Waals surface area (Å²) in [6.07, 6.45) is 0.470. The lowest BCUT2D eigenvalue weighted by Gasteiger charge is -2.33. The molecule has 86 valence electrons. The second-order valence-electron chi connectivity index (χ2n) is 3.57. The number of halogens is 1. The van der Waals surface area contributed by atoms with Crippen molar-refractivity contribution in [3.05, 3.63) is 34.9 Å². The Kier molecular flexibility index (Phi) is 3.55. The SMILES string of the molecule is CN(C=O)C(C)(C(=O)O)c1ccccc1Cl. The normalized spacial score (nSPS) is 13.9. The minimum atomic E-state index is -1.46. The van der Waals surface area contributed by atoms with Gasteiger partial charge < -0.3 is 10.0 Å². The van der Waals surface area contributed by atoms with Gasteiger partial charge in [0.2, 0.25) is 6.41 Å². The van der Waals surface area contributed by atoms with Gasteiger partial charge in [0.1, 0.15) is 0 Å². The highest BCUT2D eigenvalue weighted by atomic mass is 35.5. The number of nitrogens with zero attached hydrogens (tertiary/aromatic N) is 1. The van der Waals surface area contributed by atoms with Crippen LogP contribution in [0.15, 0.2) is 24.3 Å². The molecule has 1 rings (SSSR count). The zero-order chi connectivity index (χ0) is 12.3. The van der Waals surface area contributed by atoms with Crippen molar-refractivity contribution >= 4 is 24.0 Å². The number of likely N-dealkylation sites (N-methyl/N-ethyl adjacent to an activating group) is 1. The second-order valence-corrected chi connectivity index (χ2v) is 3.98. The lowest BCUT2D eigenvalue weighted by atomic mass is 9.91. The molecule has 0 bridgehead atoms.